The molecular weight excluding hydrogens is 512 g/mol. The highest BCUT2D eigenvalue weighted by atomic mass is 79.9. The van der Waals surface area contributed by atoms with Crippen molar-refractivity contribution in [2.45, 2.75) is 24.8 Å². The molecule has 5 rings (SSSR count). The maximum atomic E-state index is 12.6. The Morgan fingerprint density at radius 2 is 1.57 bits per heavy atom. The van der Waals surface area contributed by atoms with E-state index in [0.717, 1.165) is 11.1 Å². The lowest BCUT2D eigenvalue weighted by atomic mass is 9.79. The fourth-order valence-electron chi connectivity index (χ4n) is 4.75. The van der Waals surface area contributed by atoms with E-state index in [1.165, 1.54) is 23.3 Å². The molecule has 2 amide bonds. The van der Waals surface area contributed by atoms with Gasteiger partial charge in [0.2, 0.25) is 5.91 Å². The Balaban J connectivity index is 1.12. The zero-order valence-electron chi connectivity index (χ0n) is 18.7. The standard InChI is InChI=1S/C27H23BrN2O5/c28-23-10-9-15(26(32)33)13-24(23)30-25(31)16-11-17(12-16)29-27(34)35-14-22-20-7-3-1-5-18(20)19-6-2-4-8-21(19)22/h1-10,13,16-17,22H,11-12,14H2,(H,29,34)(H,30,31)(H,32,33). The van der Waals surface area contributed by atoms with E-state index in [2.05, 4.69) is 50.8 Å². The van der Waals surface area contributed by atoms with Crippen molar-refractivity contribution < 1.29 is 24.2 Å². The summed E-state index contributed by atoms with van der Waals surface area (Å²) in [6, 6.07) is 20.6. The SMILES string of the molecule is O=C(NC1CC(C(=O)Nc2cc(C(=O)O)ccc2Br)C1)OCC1c2ccccc2-c2ccccc21. The number of carboxylic acid groups (broad SMARTS) is 1. The van der Waals surface area contributed by atoms with E-state index in [1.54, 1.807) is 6.07 Å². The smallest absolute Gasteiger partial charge is 0.407 e. The largest absolute Gasteiger partial charge is 0.478 e. The quantitative estimate of drug-likeness (QED) is 0.392. The zero-order chi connectivity index (χ0) is 24.5. The molecule has 3 N–H and O–H groups in total. The molecule has 2 aliphatic carbocycles. The molecule has 0 aromatic heterocycles. The van der Waals surface area contributed by atoms with Crippen LogP contribution in [0.5, 0.6) is 0 Å². The van der Waals surface area contributed by atoms with Crippen LogP contribution in [0.25, 0.3) is 11.1 Å². The molecule has 1 saturated carbocycles. The maximum absolute atomic E-state index is 12.6. The van der Waals surface area contributed by atoms with E-state index < -0.39 is 12.1 Å². The monoisotopic (exact) mass is 534 g/mol. The fourth-order valence-corrected chi connectivity index (χ4v) is 5.09. The van der Waals surface area contributed by atoms with Gasteiger partial charge in [0.05, 0.1) is 11.3 Å². The highest BCUT2D eigenvalue weighted by molar-refractivity contribution is 9.10. The number of benzene rings is 3. The normalized spacial score (nSPS) is 18.1. The van der Waals surface area contributed by atoms with Crippen LogP contribution in [0.1, 0.15) is 40.2 Å². The van der Waals surface area contributed by atoms with Crippen LogP contribution in [0.15, 0.2) is 71.2 Å². The Bertz CT molecular complexity index is 1270. The average molecular weight is 535 g/mol. The summed E-state index contributed by atoms with van der Waals surface area (Å²) in [4.78, 5) is 36.2. The van der Waals surface area contributed by atoms with Gasteiger partial charge < -0.3 is 20.5 Å². The van der Waals surface area contributed by atoms with Gasteiger partial charge in [-0.25, -0.2) is 9.59 Å². The molecule has 3 aromatic carbocycles. The molecule has 3 aromatic rings. The highest BCUT2D eigenvalue weighted by Crippen LogP contribution is 2.44. The number of carboxylic acids is 1. The average Bonchev–Trinajstić information content (AvgIpc) is 3.14. The first-order valence-electron chi connectivity index (χ1n) is 11.4. The number of alkyl carbamates (subject to hydrolysis) is 1. The van der Waals surface area contributed by atoms with Crippen LogP contribution >= 0.6 is 15.9 Å². The second kappa shape index (κ2) is 9.54. The van der Waals surface area contributed by atoms with Gasteiger partial charge in [-0.05, 0) is 69.2 Å². The molecule has 2 aliphatic rings. The molecule has 7 nitrogen and oxygen atoms in total. The van der Waals surface area contributed by atoms with Crippen LogP contribution in [0.2, 0.25) is 0 Å². The number of hydrogen-bond donors (Lipinski definition) is 3. The van der Waals surface area contributed by atoms with Crippen LogP contribution < -0.4 is 10.6 Å². The van der Waals surface area contributed by atoms with Gasteiger partial charge in [0.1, 0.15) is 6.61 Å². The molecular formula is C27H23BrN2O5. The molecule has 0 spiro atoms. The minimum absolute atomic E-state index is 0.00641. The van der Waals surface area contributed by atoms with Gasteiger partial charge in [-0.3, -0.25) is 4.79 Å². The molecule has 1 fully saturated rings. The van der Waals surface area contributed by atoms with E-state index in [4.69, 9.17) is 9.84 Å². The predicted molar refractivity (Wildman–Crippen MR) is 134 cm³/mol. The van der Waals surface area contributed by atoms with Crippen LogP contribution in [-0.4, -0.2) is 35.7 Å². The Morgan fingerprint density at radius 3 is 2.20 bits per heavy atom. The van der Waals surface area contributed by atoms with Gasteiger partial charge in [0.15, 0.2) is 0 Å². The Hall–Kier alpha value is -3.65. The summed E-state index contributed by atoms with van der Waals surface area (Å²) in [6.07, 6.45) is 0.492. The van der Waals surface area contributed by atoms with Gasteiger partial charge in [0, 0.05) is 22.4 Å². The van der Waals surface area contributed by atoms with Gasteiger partial charge >= 0.3 is 12.1 Å². The summed E-state index contributed by atoms with van der Waals surface area (Å²) in [5.74, 6) is -1.55. The molecule has 0 radical (unpaired) electrons. The number of nitrogens with one attached hydrogen (secondary N) is 2. The molecule has 8 heteroatoms. The van der Waals surface area contributed by atoms with Crippen molar-refractivity contribution in [3.8, 4) is 11.1 Å². The number of rotatable bonds is 6. The number of fused-ring (bicyclic) bond motifs is 3. The second-order valence-corrected chi connectivity index (χ2v) is 9.68. The predicted octanol–water partition coefficient (Wildman–Crippen LogP) is 5.40. The summed E-state index contributed by atoms with van der Waals surface area (Å²) < 4.78 is 6.18. The molecule has 35 heavy (non-hydrogen) atoms. The number of anilines is 1. The fraction of sp³-hybridized carbons (Fsp3) is 0.222. The number of carbonyl (C=O) groups is 3. The summed E-state index contributed by atoms with van der Waals surface area (Å²) in [6.45, 7) is 0.241. The van der Waals surface area contributed by atoms with Crippen molar-refractivity contribution in [2.24, 2.45) is 5.92 Å². The van der Waals surface area contributed by atoms with Crippen LogP contribution in [0, 0.1) is 5.92 Å². The maximum Gasteiger partial charge on any atom is 0.407 e. The third-order valence-electron chi connectivity index (χ3n) is 6.65. The minimum Gasteiger partial charge on any atom is -0.478 e. The van der Waals surface area contributed by atoms with E-state index in [-0.39, 0.29) is 36.0 Å². The van der Waals surface area contributed by atoms with Crippen molar-refractivity contribution in [1.29, 1.82) is 0 Å². The van der Waals surface area contributed by atoms with Crippen molar-refractivity contribution in [2.75, 3.05) is 11.9 Å². The van der Waals surface area contributed by atoms with Gasteiger partial charge in [-0.1, -0.05) is 48.5 Å². The lowest BCUT2D eigenvalue weighted by Gasteiger charge is -2.34. The number of hydrogen-bond acceptors (Lipinski definition) is 4. The number of aromatic carboxylic acids is 1. The van der Waals surface area contributed by atoms with Crippen molar-refractivity contribution in [3.05, 3.63) is 87.9 Å². The number of halogens is 1. The van der Waals surface area contributed by atoms with Crippen LogP contribution in [-0.2, 0) is 9.53 Å². The lowest BCUT2D eigenvalue weighted by Crippen LogP contribution is -2.48. The Kier molecular flexibility index (Phi) is 6.30. The van der Waals surface area contributed by atoms with E-state index in [1.807, 2.05) is 24.3 Å². The van der Waals surface area contributed by atoms with Crippen LogP contribution in [0.3, 0.4) is 0 Å². The molecule has 0 saturated heterocycles. The lowest BCUT2D eigenvalue weighted by molar-refractivity contribution is -0.122. The summed E-state index contributed by atoms with van der Waals surface area (Å²) in [7, 11) is 0. The molecule has 178 valence electrons. The first-order chi connectivity index (χ1) is 16.9. The van der Waals surface area contributed by atoms with Crippen molar-refractivity contribution in [3.63, 3.8) is 0 Å². The van der Waals surface area contributed by atoms with Gasteiger partial charge in [0.25, 0.3) is 0 Å². The third kappa shape index (κ3) is 4.66. The first-order valence-corrected chi connectivity index (χ1v) is 12.1. The molecule has 0 aliphatic heterocycles. The summed E-state index contributed by atoms with van der Waals surface area (Å²) in [5, 5.41) is 14.8. The Morgan fingerprint density at radius 1 is 0.943 bits per heavy atom. The third-order valence-corrected chi connectivity index (χ3v) is 7.34. The molecule has 0 unspecified atom stereocenters. The number of carbonyl (C=O) groups excluding carboxylic acids is 2. The summed E-state index contributed by atoms with van der Waals surface area (Å²) in [5.41, 5.74) is 5.14. The van der Waals surface area contributed by atoms with Crippen molar-refractivity contribution >= 4 is 39.6 Å². The van der Waals surface area contributed by atoms with Crippen LogP contribution in [0.4, 0.5) is 10.5 Å². The highest BCUT2D eigenvalue weighted by Gasteiger charge is 2.36. The van der Waals surface area contributed by atoms with Gasteiger partial charge in [-0.15, -0.1) is 0 Å². The second-order valence-electron chi connectivity index (χ2n) is 8.82. The topological polar surface area (TPSA) is 105 Å². The molecule has 0 atom stereocenters. The molecule has 0 bridgehead atoms. The van der Waals surface area contributed by atoms with E-state index in [9.17, 15) is 14.4 Å². The zero-order valence-corrected chi connectivity index (χ0v) is 20.2. The number of ether oxygens (including phenoxy) is 1. The molecule has 0 heterocycles. The number of amides is 2. The summed E-state index contributed by atoms with van der Waals surface area (Å²) >= 11 is 3.33. The van der Waals surface area contributed by atoms with E-state index >= 15 is 0 Å². The van der Waals surface area contributed by atoms with E-state index in [0.29, 0.717) is 23.0 Å². The first kappa shape index (κ1) is 23.1. The van der Waals surface area contributed by atoms with Gasteiger partial charge in [-0.2, -0.15) is 0 Å². The minimum atomic E-state index is -1.07. The Labute approximate surface area is 210 Å². The van der Waals surface area contributed by atoms with Crippen molar-refractivity contribution in [1.82, 2.24) is 5.32 Å².